The maximum absolute atomic E-state index is 10.5. The van der Waals surface area contributed by atoms with Gasteiger partial charge in [0.1, 0.15) is 0 Å². The highest BCUT2D eigenvalue weighted by Gasteiger charge is 2.19. The predicted molar refractivity (Wildman–Crippen MR) is 32.9 cm³/mol. The molecule has 3 heteroatoms. The number of aliphatic hydroxyl groups is 1. The zero-order valence-electron chi connectivity index (χ0n) is 5.26. The van der Waals surface area contributed by atoms with Gasteiger partial charge in [-0.2, -0.15) is 0 Å². The van der Waals surface area contributed by atoms with Crippen molar-refractivity contribution in [2.75, 3.05) is 6.61 Å². The largest absolute Gasteiger partial charge is 0.396 e. The lowest BCUT2D eigenvalue weighted by Crippen LogP contribution is -2.25. The fourth-order valence-corrected chi connectivity index (χ4v) is 1.05. The Morgan fingerprint density at radius 1 is 1.78 bits per heavy atom. The molecule has 0 aromatic carbocycles. The summed E-state index contributed by atoms with van der Waals surface area (Å²) < 4.78 is 0. The van der Waals surface area contributed by atoms with Gasteiger partial charge < -0.3 is 10.4 Å². The van der Waals surface area contributed by atoms with Gasteiger partial charge in [-0.15, -0.1) is 0 Å². The van der Waals surface area contributed by atoms with Gasteiger partial charge in [0.2, 0.25) is 5.91 Å². The minimum atomic E-state index is 0.119. The zero-order chi connectivity index (χ0) is 6.69. The minimum Gasteiger partial charge on any atom is -0.396 e. The summed E-state index contributed by atoms with van der Waals surface area (Å²) in [4.78, 5) is 10.5. The Hall–Kier alpha value is -0.570. The smallest absolute Gasteiger partial charge is 0.220 e. The van der Waals surface area contributed by atoms with E-state index in [2.05, 4.69) is 5.32 Å². The van der Waals surface area contributed by atoms with Crippen LogP contribution < -0.4 is 5.32 Å². The highest BCUT2D eigenvalue weighted by atomic mass is 16.3. The Labute approximate surface area is 54.1 Å². The van der Waals surface area contributed by atoms with E-state index in [1.807, 2.05) is 0 Å². The molecule has 1 heterocycles. The molecule has 1 rings (SSSR count). The molecule has 0 unspecified atom stereocenters. The van der Waals surface area contributed by atoms with Crippen molar-refractivity contribution >= 4 is 5.91 Å². The lowest BCUT2D eigenvalue weighted by atomic mass is 10.2. The number of nitrogens with one attached hydrogen (secondary N) is 1. The quantitative estimate of drug-likeness (QED) is 0.535. The molecule has 1 saturated heterocycles. The summed E-state index contributed by atoms with van der Waals surface area (Å²) in [6.45, 7) is 0.172. The molecule has 52 valence electrons. The Balaban J connectivity index is 2.22. The van der Waals surface area contributed by atoms with E-state index in [1.165, 1.54) is 0 Å². The van der Waals surface area contributed by atoms with Crippen LogP contribution in [0.1, 0.15) is 19.3 Å². The average Bonchev–Trinajstić information content (AvgIpc) is 2.17. The maximum atomic E-state index is 10.5. The fraction of sp³-hybridized carbons (Fsp3) is 0.833. The third-order valence-electron chi connectivity index (χ3n) is 1.56. The van der Waals surface area contributed by atoms with E-state index in [4.69, 9.17) is 5.11 Å². The van der Waals surface area contributed by atoms with Crippen molar-refractivity contribution in [2.45, 2.75) is 25.3 Å². The number of carbonyl (C=O) groups is 1. The van der Waals surface area contributed by atoms with Gasteiger partial charge in [-0.05, 0) is 12.8 Å². The van der Waals surface area contributed by atoms with Crippen molar-refractivity contribution < 1.29 is 9.90 Å². The molecule has 9 heavy (non-hydrogen) atoms. The molecule has 0 spiro atoms. The number of hydrogen-bond donors (Lipinski definition) is 2. The van der Waals surface area contributed by atoms with Gasteiger partial charge in [-0.1, -0.05) is 0 Å². The second-order valence-electron chi connectivity index (χ2n) is 2.32. The van der Waals surface area contributed by atoms with Crippen LogP contribution in [-0.4, -0.2) is 23.7 Å². The predicted octanol–water partition coefficient (Wildman–Crippen LogP) is -0.353. The molecule has 1 atom stereocenters. The Kier molecular flexibility index (Phi) is 2.05. The summed E-state index contributed by atoms with van der Waals surface area (Å²) in [7, 11) is 0. The average molecular weight is 129 g/mol. The van der Waals surface area contributed by atoms with E-state index in [0.717, 1.165) is 6.42 Å². The Morgan fingerprint density at radius 3 is 3.00 bits per heavy atom. The molecule has 0 radical (unpaired) electrons. The van der Waals surface area contributed by atoms with Crippen LogP contribution in [0.5, 0.6) is 0 Å². The highest BCUT2D eigenvalue weighted by Crippen LogP contribution is 2.08. The summed E-state index contributed by atoms with van der Waals surface area (Å²) in [5.41, 5.74) is 0. The third kappa shape index (κ3) is 1.68. The molecule has 1 aliphatic heterocycles. The lowest BCUT2D eigenvalue weighted by molar-refractivity contribution is -0.119. The molecule has 0 aromatic heterocycles. The van der Waals surface area contributed by atoms with Crippen molar-refractivity contribution in [2.24, 2.45) is 0 Å². The Morgan fingerprint density at radius 2 is 2.56 bits per heavy atom. The second kappa shape index (κ2) is 2.82. The Bertz CT molecular complexity index is 114. The van der Waals surface area contributed by atoms with E-state index in [1.54, 1.807) is 0 Å². The van der Waals surface area contributed by atoms with Gasteiger partial charge in [0.05, 0.1) is 0 Å². The first-order chi connectivity index (χ1) is 4.33. The number of carbonyl (C=O) groups excluding carboxylic acids is 1. The number of aliphatic hydroxyl groups excluding tert-OH is 1. The van der Waals surface area contributed by atoms with Gasteiger partial charge >= 0.3 is 0 Å². The maximum Gasteiger partial charge on any atom is 0.220 e. The van der Waals surface area contributed by atoms with Crippen LogP contribution in [-0.2, 0) is 4.79 Å². The zero-order valence-corrected chi connectivity index (χ0v) is 5.26. The van der Waals surface area contributed by atoms with Crippen molar-refractivity contribution in [3.05, 3.63) is 0 Å². The minimum absolute atomic E-state index is 0.119. The first-order valence-electron chi connectivity index (χ1n) is 3.23. The van der Waals surface area contributed by atoms with E-state index in [0.29, 0.717) is 12.8 Å². The van der Waals surface area contributed by atoms with Crippen LogP contribution in [0.3, 0.4) is 0 Å². The van der Waals surface area contributed by atoms with Gasteiger partial charge in [-0.3, -0.25) is 4.79 Å². The van der Waals surface area contributed by atoms with Gasteiger partial charge in [-0.25, -0.2) is 0 Å². The third-order valence-corrected chi connectivity index (χ3v) is 1.56. The molecule has 1 fully saturated rings. The van der Waals surface area contributed by atoms with Gasteiger partial charge in [0.15, 0.2) is 0 Å². The van der Waals surface area contributed by atoms with Crippen molar-refractivity contribution in [1.82, 2.24) is 5.32 Å². The molecule has 0 bridgehead atoms. The van der Waals surface area contributed by atoms with Crippen LogP contribution in [0.25, 0.3) is 0 Å². The van der Waals surface area contributed by atoms with Crippen LogP contribution in [0, 0.1) is 0 Å². The summed E-state index contributed by atoms with van der Waals surface area (Å²) in [6, 6.07) is 0.238. The molecular formula is C6H11NO2. The fourth-order valence-electron chi connectivity index (χ4n) is 1.05. The molecular weight excluding hydrogens is 118 g/mol. The number of rotatable bonds is 2. The van der Waals surface area contributed by atoms with Crippen LogP contribution in [0.15, 0.2) is 0 Å². The molecule has 1 amide bonds. The summed E-state index contributed by atoms with van der Waals surface area (Å²) in [6.07, 6.45) is 2.22. The van der Waals surface area contributed by atoms with Crippen LogP contribution >= 0.6 is 0 Å². The van der Waals surface area contributed by atoms with E-state index in [9.17, 15) is 4.79 Å². The standard InChI is InChI=1S/C6H11NO2/c8-4-3-5-1-2-6(9)7-5/h5,8H,1-4H2,(H,7,9)/t5-/m0/s1. The number of amides is 1. The molecule has 1 aliphatic rings. The first-order valence-corrected chi connectivity index (χ1v) is 3.23. The highest BCUT2D eigenvalue weighted by molar-refractivity contribution is 5.78. The van der Waals surface area contributed by atoms with Crippen molar-refractivity contribution in [1.29, 1.82) is 0 Å². The van der Waals surface area contributed by atoms with Crippen LogP contribution in [0.4, 0.5) is 0 Å². The summed E-state index contributed by atoms with van der Waals surface area (Å²) >= 11 is 0. The van der Waals surface area contributed by atoms with Gasteiger partial charge in [0, 0.05) is 19.1 Å². The summed E-state index contributed by atoms with van der Waals surface area (Å²) in [5.74, 6) is 0.119. The van der Waals surface area contributed by atoms with Gasteiger partial charge in [0.25, 0.3) is 0 Å². The van der Waals surface area contributed by atoms with E-state index < -0.39 is 0 Å². The lowest BCUT2D eigenvalue weighted by Gasteiger charge is -2.04. The first kappa shape index (κ1) is 6.55. The second-order valence-corrected chi connectivity index (χ2v) is 2.32. The van der Waals surface area contributed by atoms with Crippen LogP contribution in [0.2, 0.25) is 0 Å². The molecule has 0 saturated carbocycles. The van der Waals surface area contributed by atoms with Crippen molar-refractivity contribution in [3.8, 4) is 0 Å². The normalized spacial score (nSPS) is 26.3. The molecule has 2 N–H and O–H groups in total. The van der Waals surface area contributed by atoms with E-state index >= 15 is 0 Å². The number of hydrogen-bond acceptors (Lipinski definition) is 2. The molecule has 0 aliphatic carbocycles. The van der Waals surface area contributed by atoms with Crippen molar-refractivity contribution in [3.63, 3.8) is 0 Å². The topological polar surface area (TPSA) is 49.3 Å². The SMILES string of the molecule is O=C1CC[C@@H](CCO)N1. The summed E-state index contributed by atoms with van der Waals surface area (Å²) in [5, 5.41) is 11.2. The van der Waals surface area contributed by atoms with E-state index in [-0.39, 0.29) is 18.6 Å². The monoisotopic (exact) mass is 129 g/mol. The molecule has 3 nitrogen and oxygen atoms in total. The molecule has 0 aromatic rings.